The van der Waals surface area contributed by atoms with Crippen LogP contribution in [-0.4, -0.2) is 14.5 Å². The Balaban J connectivity index is 1.70. The van der Waals surface area contributed by atoms with Gasteiger partial charge in [-0.3, -0.25) is 9.55 Å². The maximum absolute atomic E-state index is 13.1. The third kappa shape index (κ3) is 3.77. The Bertz CT molecular complexity index is 1350. The van der Waals surface area contributed by atoms with Gasteiger partial charge in [-0.1, -0.05) is 29.8 Å². The molecule has 0 spiro atoms. The van der Waals surface area contributed by atoms with Crippen molar-refractivity contribution in [3.05, 3.63) is 87.6 Å². The summed E-state index contributed by atoms with van der Waals surface area (Å²) in [6.07, 6.45) is 0.833. The van der Waals surface area contributed by atoms with Crippen molar-refractivity contribution >= 4 is 34.0 Å². The minimum Gasteiger partial charge on any atom is -0.339 e. The molecule has 2 aromatic heterocycles. The van der Waals surface area contributed by atoms with Crippen molar-refractivity contribution in [2.45, 2.75) is 25.2 Å². The summed E-state index contributed by atoms with van der Waals surface area (Å²) < 4.78 is 27.6. The Labute approximate surface area is 181 Å². The molecular formula is C23H17ClF2N4O. The fourth-order valence-corrected chi connectivity index (χ4v) is 3.88. The topological polar surface area (TPSA) is 59.8 Å². The maximum atomic E-state index is 13.1. The van der Waals surface area contributed by atoms with Crippen LogP contribution < -0.4 is 11.0 Å². The lowest BCUT2D eigenvalue weighted by molar-refractivity contribution is 0.146. The Morgan fingerprint density at radius 2 is 1.90 bits per heavy atom. The van der Waals surface area contributed by atoms with Gasteiger partial charge in [-0.15, -0.1) is 0 Å². The number of pyridine rings is 1. The number of hydrogen-bond acceptors (Lipinski definition) is 4. The first-order valence-corrected chi connectivity index (χ1v) is 10.2. The summed E-state index contributed by atoms with van der Waals surface area (Å²) in [5.74, 6) is 0.773. The predicted octanol–water partition coefficient (Wildman–Crippen LogP) is 5.99. The molecular weight excluding hydrogens is 422 g/mol. The van der Waals surface area contributed by atoms with Gasteiger partial charge in [0, 0.05) is 17.3 Å². The molecule has 156 valence electrons. The van der Waals surface area contributed by atoms with Crippen molar-refractivity contribution in [2.75, 3.05) is 5.32 Å². The monoisotopic (exact) mass is 438 g/mol. The quantitative estimate of drug-likeness (QED) is 0.415. The van der Waals surface area contributed by atoms with Gasteiger partial charge in [0.1, 0.15) is 11.5 Å². The number of aromatic nitrogens is 3. The minimum atomic E-state index is -2.69. The maximum Gasteiger partial charge on any atom is 0.354 e. The van der Waals surface area contributed by atoms with Crippen LogP contribution in [0.2, 0.25) is 5.02 Å². The smallest absolute Gasteiger partial charge is 0.339 e. The van der Waals surface area contributed by atoms with E-state index in [1.165, 1.54) is 16.8 Å². The highest BCUT2D eigenvalue weighted by Crippen LogP contribution is 2.41. The van der Waals surface area contributed by atoms with Crippen molar-refractivity contribution in [1.82, 2.24) is 14.5 Å². The van der Waals surface area contributed by atoms with Gasteiger partial charge in [0.05, 0.1) is 16.2 Å². The fraction of sp³-hybridized carbons (Fsp3) is 0.174. The molecule has 1 aliphatic rings. The van der Waals surface area contributed by atoms with Crippen molar-refractivity contribution < 1.29 is 8.78 Å². The molecule has 31 heavy (non-hydrogen) atoms. The number of hydrogen-bond donors (Lipinski definition) is 1. The number of nitrogens with one attached hydrogen (secondary N) is 1. The zero-order valence-electron chi connectivity index (χ0n) is 16.2. The molecule has 1 aliphatic carbocycles. The van der Waals surface area contributed by atoms with Gasteiger partial charge in [0.2, 0.25) is 0 Å². The molecule has 0 unspecified atom stereocenters. The highest BCUT2D eigenvalue weighted by Gasteiger charge is 2.25. The van der Waals surface area contributed by atoms with Crippen molar-refractivity contribution in [2.24, 2.45) is 0 Å². The molecule has 1 N–H and O–H groups in total. The van der Waals surface area contributed by atoms with Crippen LogP contribution in [0.1, 0.15) is 36.4 Å². The molecule has 2 aromatic carbocycles. The lowest BCUT2D eigenvalue weighted by Crippen LogP contribution is -2.23. The number of para-hydroxylation sites is 1. The van der Waals surface area contributed by atoms with E-state index in [1.807, 2.05) is 18.2 Å². The average molecular weight is 439 g/mol. The van der Waals surface area contributed by atoms with E-state index in [9.17, 15) is 13.6 Å². The Morgan fingerprint density at radius 1 is 1.10 bits per heavy atom. The second-order valence-corrected chi connectivity index (χ2v) is 7.88. The number of halogens is 3. The van der Waals surface area contributed by atoms with E-state index in [1.54, 1.807) is 30.3 Å². The van der Waals surface area contributed by atoms with Crippen LogP contribution >= 0.6 is 11.6 Å². The van der Waals surface area contributed by atoms with Gasteiger partial charge >= 0.3 is 5.69 Å². The summed E-state index contributed by atoms with van der Waals surface area (Å²) in [4.78, 5) is 21.0. The van der Waals surface area contributed by atoms with Crippen LogP contribution in [0.5, 0.6) is 0 Å². The van der Waals surface area contributed by atoms with Gasteiger partial charge < -0.3 is 5.32 Å². The number of nitrogens with zero attached hydrogens (tertiary/aromatic N) is 3. The molecule has 2 heterocycles. The summed E-state index contributed by atoms with van der Waals surface area (Å²) in [5.41, 5.74) is 1.85. The van der Waals surface area contributed by atoms with Crippen LogP contribution in [-0.2, 0) is 0 Å². The molecule has 4 aromatic rings. The van der Waals surface area contributed by atoms with E-state index < -0.39 is 12.1 Å². The second kappa shape index (κ2) is 7.74. The van der Waals surface area contributed by atoms with Gasteiger partial charge in [-0.25, -0.2) is 13.6 Å². The fourth-order valence-electron chi connectivity index (χ4n) is 3.66. The van der Waals surface area contributed by atoms with Crippen LogP contribution in [0.15, 0.2) is 65.6 Å². The molecule has 0 saturated heterocycles. The van der Waals surface area contributed by atoms with E-state index in [0.717, 1.165) is 18.4 Å². The number of alkyl halides is 2. The summed E-state index contributed by atoms with van der Waals surface area (Å²) in [6.45, 7) is 0. The van der Waals surface area contributed by atoms with Gasteiger partial charge in [-0.05, 0) is 60.7 Å². The third-order valence-corrected chi connectivity index (χ3v) is 5.65. The van der Waals surface area contributed by atoms with E-state index in [0.29, 0.717) is 33.2 Å². The molecule has 8 heteroatoms. The average Bonchev–Trinajstić information content (AvgIpc) is 3.60. The van der Waals surface area contributed by atoms with Crippen LogP contribution in [0.3, 0.4) is 0 Å². The highest BCUT2D eigenvalue weighted by atomic mass is 35.5. The number of benzene rings is 2. The molecule has 1 saturated carbocycles. The van der Waals surface area contributed by atoms with Crippen molar-refractivity contribution in [1.29, 1.82) is 0 Å². The van der Waals surface area contributed by atoms with E-state index in [-0.39, 0.29) is 11.5 Å². The van der Waals surface area contributed by atoms with Gasteiger partial charge in [0.15, 0.2) is 0 Å². The highest BCUT2D eigenvalue weighted by molar-refractivity contribution is 6.32. The van der Waals surface area contributed by atoms with Crippen LogP contribution in [0, 0.1) is 0 Å². The normalized spacial score (nSPS) is 13.7. The molecule has 5 nitrogen and oxygen atoms in total. The van der Waals surface area contributed by atoms with Crippen molar-refractivity contribution in [3.8, 4) is 5.69 Å². The van der Waals surface area contributed by atoms with E-state index in [4.69, 9.17) is 11.6 Å². The van der Waals surface area contributed by atoms with E-state index >= 15 is 0 Å². The molecule has 0 aliphatic heterocycles. The summed E-state index contributed by atoms with van der Waals surface area (Å²) in [5, 5.41) is 4.12. The lowest BCUT2D eigenvalue weighted by Gasteiger charge is -2.16. The summed E-state index contributed by atoms with van der Waals surface area (Å²) in [6, 6.07) is 15.8. The Kier molecular flexibility index (Phi) is 4.90. The standard InChI is InChI=1S/C23H17ClF2N4O/c24-17-3-1-2-4-19(17)30-20-11-14(13-5-6-13)7-8-16(20)22(29-23(30)31)28-15-9-10-27-18(12-15)21(25)26/h1-4,7-13,21H,5-6H2,(H,27,28,29,31). The third-order valence-electron chi connectivity index (χ3n) is 5.33. The van der Waals surface area contributed by atoms with Crippen LogP contribution in [0.4, 0.5) is 20.3 Å². The minimum absolute atomic E-state index is 0.289. The first-order chi connectivity index (χ1) is 15.0. The number of anilines is 2. The lowest BCUT2D eigenvalue weighted by atomic mass is 10.1. The summed E-state index contributed by atoms with van der Waals surface area (Å²) in [7, 11) is 0. The first kappa shape index (κ1) is 19.6. The van der Waals surface area contributed by atoms with Crippen LogP contribution in [0.25, 0.3) is 16.6 Å². The molecule has 0 radical (unpaired) electrons. The zero-order chi connectivity index (χ0) is 21.5. The largest absolute Gasteiger partial charge is 0.354 e. The second-order valence-electron chi connectivity index (χ2n) is 7.48. The Hall–Kier alpha value is -3.32. The Morgan fingerprint density at radius 3 is 2.65 bits per heavy atom. The molecule has 0 bridgehead atoms. The predicted molar refractivity (Wildman–Crippen MR) is 117 cm³/mol. The SMILES string of the molecule is O=c1nc(Nc2ccnc(C(F)F)c2)c2ccc(C3CC3)cc2n1-c1ccccc1Cl. The van der Waals surface area contributed by atoms with Gasteiger partial charge in [-0.2, -0.15) is 4.98 Å². The molecule has 1 fully saturated rings. The molecule has 5 rings (SSSR count). The zero-order valence-corrected chi connectivity index (χ0v) is 17.0. The van der Waals surface area contributed by atoms with E-state index in [2.05, 4.69) is 15.3 Å². The summed E-state index contributed by atoms with van der Waals surface area (Å²) >= 11 is 6.38. The first-order valence-electron chi connectivity index (χ1n) is 9.84. The number of rotatable bonds is 5. The number of fused-ring (bicyclic) bond motifs is 1. The molecule has 0 amide bonds. The van der Waals surface area contributed by atoms with Crippen molar-refractivity contribution in [3.63, 3.8) is 0 Å². The van der Waals surface area contributed by atoms with Gasteiger partial charge in [0.25, 0.3) is 6.43 Å². The molecule has 0 atom stereocenters.